The Morgan fingerprint density at radius 3 is 2.51 bits per heavy atom. The predicted molar refractivity (Wildman–Crippen MR) is 154 cm³/mol. The highest BCUT2D eigenvalue weighted by Gasteiger charge is 2.65. The first-order valence-corrected chi connectivity index (χ1v) is 14.3. The fourth-order valence-electron chi connectivity index (χ4n) is 6.69. The minimum absolute atomic E-state index is 0.0421. The molecule has 2 fully saturated rings. The zero-order valence-electron chi connectivity index (χ0n) is 24.1. The molecule has 39 heavy (non-hydrogen) atoms. The Kier molecular flexibility index (Phi) is 13.5. The molecule has 7 heteroatoms. The first-order chi connectivity index (χ1) is 18.6. The van der Waals surface area contributed by atoms with Gasteiger partial charge in [0.1, 0.15) is 6.29 Å². The van der Waals surface area contributed by atoms with Crippen molar-refractivity contribution < 1.29 is 35.1 Å². The minimum atomic E-state index is -1.53. The summed E-state index contributed by atoms with van der Waals surface area (Å²) in [7, 11) is 0. The summed E-state index contributed by atoms with van der Waals surface area (Å²) in [6, 6.07) is 0. The summed E-state index contributed by atoms with van der Waals surface area (Å²) >= 11 is 0. The second-order valence-electron chi connectivity index (χ2n) is 11.4. The van der Waals surface area contributed by atoms with E-state index >= 15 is 0 Å². The third-order valence-electron chi connectivity index (χ3n) is 8.73. The Morgan fingerprint density at radius 1 is 1.15 bits per heavy atom. The van der Waals surface area contributed by atoms with Crippen molar-refractivity contribution in [3.8, 4) is 0 Å². The van der Waals surface area contributed by atoms with Crippen LogP contribution in [0.15, 0.2) is 58.7 Å². The molecule has 0 aliphatic heterocycles. The molecule has 0 unspecified atom stereocenters. The van der Waals surface area contributed by atoms with E-state index in [1.165, 1.54) is 5.57 Å². The molecule has 7 nitrogen and oxygen atoms in total. The number of hydrogen-bond donors (Lipinski definition) is 5. The summed E-state index contributed by atoms with van der Waals surface area (Å²) in [5.41, 5.74) is 1.96. The number of hydrogen-bond acceptors (Lipinski definition) is 7. The average Bonchev–Trinajstić information content (AvgIpc) is 3.25. The molecule has 0 heterocycles. The van der Waals surface area contributed by atoms with Crippen molar-refractivity contribution in [2.45, 2.75) is 83.8 Å². The number of allylic oxidation sites excluding steroid dienone is 8. The highest BCUT2D eigenvalue weighted by Crippen LogP contribution is 2.63. The lowest BCUT2D eigenvalue weighted by molar-refractivity contribution is -0.195. The van der Waals surface area contributed by atoms with Gasteiger partial charge in [-0.15, -0.1) is 0 Å². The lowest BCUT2D eigenvalue weighted by Gasteiger charge is -2.56. The number of carbonyl (C=O) groups excluding carboxylic acids is 1. The van der Waals surface area contributed by atoms with Crippen LogP contribution in [-0.2, 0) is 9.53 Å². The molecule has 2 saturated carbocycles. The summed E-state index contributed by atoms with van der Waals surface area (Å²) in [5.74, 6) is -0.705. The highest BCUT2D eigenvalue weighted by atomic mass is 16.5. The molecule has 5 atom stereocenters. The van der Waals surface area contributed by atoms with Crippen molar-refractivity contribution in [2.75, 3.05) is 33.0 Å². The second kappa shape index (κ2) is 15.8. The van der Waals surface area contributed by atoms with Gasteiger partial charge < -0.3 is 30.3 Å². The zero-order valence-corrected chi connectivity index (χ0v) is 24.1. The molecule has 0 radical (unpaired) electrons. The monoisotopic (exact) mass is 546 g/mol. The number of aliphatic hydroxyl groups is 5. The Balaban J connectivity index is 2.46. The van der Waals surface area contributed by atoms with Gasteiger partial charge in [-0.2, -0.15) is 0 Å². The number of rotatable bonds is 15. The van der Waals surface area contributed by atoms with Gasteiger partial charge in [0.2, 0.25) is 0 Å². The Labute approximate surface area is 234 Å². The van der Waals surface area contributed by atoms with Gasteiger partial charge in [-0.1, -0.05) is 47.6 Å². The molecule has 0 bridgehead atoms. The second-order valence-corrected chi connectivity index (χ2v) is 11.4. The summed E-state index contributed by atoms with van der Waals surface area (Å²) in [6.07, 6.45) is 12.2. The van der Waals surface area contributed by atoms with Crippen LogP contribution >= 0.6 is 0 Å². The lowest BCUT2D eigenvalue weighted by Crippen LogP contribution is -2.62. The van der Waals surface area contributed by atoms with Crippen LogP contribution < -0.4 is 0 Å². The smallest absolute Gasteiger partial charge is 0.145 e. The van der Waals surface area contributed by atoms with Gasteiger partial charge in [0.25, 0.3) is 0 Å². The lowest BCUT2D eigenvalue weighted by atomic mass is 9.52. The summed E-state index contributed by atoms with van der Waals surface area (Å²) < 4.78 is 5.68. The molecule has 220 valence electrons. The van der Waals surface area contributed by atoms with E-state index in [9.17, 15) is 30.3 Å². The number of carbonyl (C=O) groups is 1. The third kappa shape index (κ3) is 7.87. The normalized spacial score (nSPS) is 30.7. The average molecular weight is 547 g/mol. The van der Waals surface area contributed by atoms with Gasteiger partial charge in [-0.25, -0.2) is 0 Å². The first-order valence-electron chi connectivity index (χ1n) is 14.3. The maximum Gasteiger partial charge on any atom is 0.145 e. The van der Waals surface area contributed by atoms with E-state index in [0.717, 1.165) is 35.8 Å². The molecule has 2 aliphatic carbocycles. The summed E-state index contributed by atoms with van der Waals surface area (Å²) in [4.78, 5) is 11.8. The Morgan fingerprint density at radius 2 is 1.90 bits per heavy atom. The van der Waals surface area contributed by atoms with Gasteiger partial charge in [0.15, 0.2) is 0 Å². The molecule has 1 spiro atoms. The van der Waals surface area contributed by atoms with Crippen LogP contribution in [-0.4, -0.2) is 76.6 Å². The fourth-order valence-corrected chi connectivity index (χ4v) is 6.69. The summed E-state index contributed by atoms with van der Waals surface area (Å²) in [5, 5.41) is 53.2. The molecule has 0 saturated heterocycles. The molecular weight excluding hydrogens is 496 g/mol. The zero-order chi connectivity index (χ0) is 29.1. The molecule has 0 aromatic rings. The summed E-state index contributed by atoms with van der Waals surface area (Å²) in [6.45, 7) is 9.74. The van der Waals surface area contributed by atoms with E-state index in [2.05, 4.69) is 26.5 Å². The van der Waals surface area contributed by atoms with Crippen molar-refractivity contribution in [3.05, 3.63) is 58.7 Å². The Hall–Kier alpha value is -1.87. The molecule has 2 aliphatic rings. The molecular formula is C32H50O7. The van der Waals surface area contributed by atoms with E-state index in [0.29, 0.717) is 37.7 Å². The van der Waals surface area contributed by atoms with Crippen LogP contribution in [0.1, 0.15) is 72.1 Å². The van der Waals surface area contributed by atoms with Crippen molar-refractivity contribution in [2.24, 2.45) is 17.3 Å². The van der Waals surface area contributed by atoms with Crippen molar-refractivity contribution in [1.29, 1.82) is 0 Å². The minimum Gasteiger partial charge on any atom is -0.396 e. The van der Waals surface area contributed by atoms with Crippen LogP contribution in [0.4, 0.5) is 0 Å². The number of aldehydes is 1. The number of ether oxygens (including phenoxy) is 1. The maximum atomic E-state index is 12.0. The fraction of sp³-hybridized carbons (Fsp3) is 0.656. The largest absolute Gasteiger partial charge is 0.396 e. The van der Waals surface area contributed by atoms with Crippen LogP contribution in [0, 0.1) is 17.3 Å². The number of aliphatic hydroxyl groups excluding tert-OH is 4. The van der Waals surface area contributed by atoms with Gasteiger partial charge in [0, 0.05) is 17.9 Å². The molecule has 0 amide bonds. The van der Waals surface area contributed by atoms with Gasteiger partial charge in [-0.3, -0.25) is 4.79 Å². The topological polar surface area (TPSA) is 127 Å². The molecule has 5 N–H and O–H groups in total. The van der Waals surface area contributed by atoms with Gasteiger partial charge in [0.05, 0.1) is 38.1 Å². The van der Waals surface area contributed by atoms with Crippen molar-refractivity contribution in [3.63, 3.8) is 0 Å². The molecule has 0 aromatic carbocycles. The van der Waals surface area contributed by atoms with Crippen molar-refractivity contribution >= 4 is 6.29 Å². The first kappa shape index (κ1) is 33.3. The standard InChI is InChI=1S/C32H50O7/c1-23(2)8-5-9-24(3)10-6-11-26(21-39-19-18-34)28-14-16-32(30(28)37)29(12-7-17-33)27(25(4)20-35)13-15-31(32,38)22-36/h6,8,10-11,20,28-30,33-34,36-38H,3,5,7,9,12-19,21-22H2,1-2,4H3/b10-6-,26-11-,27-25-/t28-,29-,30+,31-,32+/m0/s1. The quantitative estimate of drug-likeness (QED) is 0.0692. The highest BCUT2D eigenvalue weighted by molar-refractivity contribution is 5.74. The predicted octanol–water partition coefficient (Wildman–Crippen LogP) is 3.96. The van der Waals surface area contributed by atoms with Gasteiger partial charge in [-0.05, 0) is 89.2 Å². The van der Waals surface area contributed by atoms with E-state index in [1.807, 2.05) is 18.2 Å². The van der Waals surface area contributed by atoms with Crippen molar-refractivity contribution in [1.82, 2.24) is 0 Å². The molecule has 0 aromatic heterocycles. The van der Waals surface area contributed by atoms with E-state index in [1.54, 1.807) is 6.92 Å². The SMILES string of the molecule is C=C(/C=C\C=C(\COCCO)[C@@H]1CC[C@]2([C@@H]1O)[C@@H](CCCO)/C(=C(/C)C=O)CC[C@]2(O)CO)CCC=C(C)C. The van der Waals surface area contributed by atoms with Crippen LogP contribution in [0.25, 0.3) is 0 Å². The molecule has 2 rings (SSSR count). The van der Waals surface area contributed by atoms with E-state index in [-0.39, 0.29) is 44.7 Å². The maximum absolute atomic E-state index is 12.0. The van der Waals surface area contributed by atoms with E-state index in [4.69, 9.17) is 4.74 Å². The van der Waals surface area contributed by atoms with Gasteiger partial charge >= 0.3 is 0 Å². The van der Waals surface area contributed by atoms with E-state index < -0.39 is 23.7 Å². The third-order valence-corrected chi connectivity index (χ3v) is 8.73. The Bertz CT molecular complexity index is 942. The van der Waals surface area contributed by atoms with Crippen LogP contribution in [0.3, 0.4) is 0 Å². The van der Waals surface area contributed by atoms with Crippen LogP contribution in [0.5, 0.6) is 0 Å². The van der Waals surface area contributed by atoms with Crippen LogP contribution in [0.2, 0.25) is 0 Å².